The summed E-state index contributed by atoms with van der Waals surface area (Å²) in [6.45, 7) is 6.18. The molecule has 2 unspecified atom stereocenters. The maximum absolute atomic E-state index is 11.4. The van der Waals surface area contributed by atoms with E-state index >= 15 is 0 Å². The molecule has 1 saturated carbocycles. The monoisotopic (exact) mass is 213 g/mol. The van der Waals surface area contributed by atoms with Crippen LogP contribution < -0.4 is 5.32 Å². The number of hydrogen-bond donors (Lipinski definition) is 2. The third-order valence-electron chi connectivity index (χ3n) is 3.40. The van der Waals surface area contributed by atoms with Gasteiger partial charge in [0, 0.05) is 6.04 Å². The Hall–Kier alpha value is -0.570. The van der Waals surface area contributed by atoms with Crippen LogP contribution >= 0.6 is 0 Å². The molecule has 0 bridgehead atoms. The molecule has 0 amide bonds. The van der Waals surface area contributed by atoms with E-state index in [1.54, 1.807) is 0 Å². The first-order valence-corrected chi connectivity index (χ1v) is 6.01. The number of aliphatic carboxylic acids is 1. The number of nitrogens with one attached hydrogen (secondary N) is 1. The molecule has 0 spiro atoms. The standard InChI is InChI=1S/C12H23NO2/c1-4-10-6-5-7-12(8-10,11(14)15)13-9(2)3/h9-10,13H,4-8H2,1-3H3,(H,14,15). The van der Waals surface area contributed by atoms with Crippen LogP contribution in [0.1, 0.15) is 52.9 Å². The van der Waals surface area contributed by atoms with E-state index in [2.05, 4.69) is 12.2 Å². The van der Waals surface area contributed by atoms with Gasteiger partial charge >= 0.3 is 5.97 Å². The van der Waals surface area contributed by atoms with Crippen molar-refractivity contribution >= 4 is 5.97 Å². The number of hydrogen-bond acceptors (Lipinski definition) is 2. The second-order valence-corrected chi connectivity index (χ2v) is 5.06. The second-order valence-electron chi connectivity index (χ2n) is 5.06. The number of carbonyl (C=O) groups is 1. The van der Waals surface area contributed by atoms with E-state index in [1.165, 1.54) is 6.42 Å². The maximum atomic E-state index is 11.4. The lowest BCUT2D eigenvalue weighted by Crippen LogP contribution is -2.57. The molecule has 0 radical (unpaired) electrons. The van der Waals surface area contributed by atoms with Crippen LogP contribution in [0.5, 0.6) is 0 Å². The van der Waals surface area contributed by atoms with E-state index in [4.69, 9.17) is 0 Å². The average Bonchev–Trinajstić information content (AvgIpc) is 2.16. The molecule has 1 rings (SSSR count). The second kappa shape index (κ2) is 4.97. The van der Waals surface area contributed by atoms with Gasteiger partial charge in [-0.25, -0.2) is 0 Å². The Morgan fingerprint density at radius 2 is 2.27 bits per heavy atom. The zero-order valence-corrected chi connectivity index (χ0v) is 10.0. The van der Waals surface area contributed by atoms with Crippen molar-refractivity contribution in [3.63, 3.8) is 0 Å². The normalized spacial score (nSPS) is 31.9. The molecular weight excluding hydrogens is 190 g/mol. The largest absolute Gasteiger partial charge is 0.480 e. The topological polar surface area (TPSA) is 49.3 Å². The molecule has 0 saturated heterocycles. The highest BCUT2D eigenvalue weighted by atomic mass is 16.4. The van der Waals surface area contributed by atoms with Crippen LogP contribution in [0.3, 0.4) is 0 Å². The van der Waals surface area contributed by atoms with E-state index in [1.807, 2.05) is 13.8 Å². The molecule has 1 fully saturated rings. The van der Waals surface area contributed by atoms with Crippen molar-refractivity contribution < 1.29 is 9.90 Å². The molecule has 0 heterocycles. The van der Waals surface area contributed by atoms with E-state index in [-0.39, 0.29) is 6.04 Å². The SMILES string of the molecule is CCC1CCCC(NC(C)C)(C(=O)O)C1. The first-order valence-electron chi connectivity index (χ1n) is 6.01. The zero-order valence-electron chi connectivity index (χ0n) is 10.0. The van der Waals surface area contributed by atoms with Gasteiger partial charge in [0.15, 0.2) is 0 Å². The highest BCUT2D eigenvalue weighted by Gasteiger charge is 2.42. The van der Waals surface area contributed by atoms with E-state index in [0.29, 0.717) is 5.92 Å². The van der Waals surface area contributed by atoms with Crippen molar-refractivity contribution in [3.8, 4) is 0 Å². The molecule has 0 aliphatic heterocycles. The molecule has 1 aliphatic rings. The maximum Gasteiger partial charge on any atom is 0.323 e. The summed E-state index contributed by atoms with van der Waals surface area (Å²) < 4.78 is 0. The summed E-state index contributed by atoms with van der Waals surface area (Å²) in [4.78, 5) is 11.4. The summed E-state index contributed by atoms with van der Waals surface area (Å²) in [5.74, 6) is -0.101. The van der Waals surface area contributed by atoms with Crippen LogP contribution in [0.25, 0.3) is 0 Å². The Kier molecular flexibility index (Phi) is 4.14. The first-order chi connectivity index (χ1) is 7.00. The van der Waals surface area contributed by atoms with Crippen LogP contribution in [0.4, 0.5) is 0 Å². The molecule has 3 heteroatoms. The Labute approximate surface area is 92.3 Å². The third-order valence-corrected chi connectivity index (χ3v) is 3.40. The molecule has 2 N–H and O–H groups in total. The van der Waals surface area contributed by atoms with Crippen molar-refractivity contribution in [2.24, 2.45) is 5.92 Å². The van der Waals surface area contributed by atoms with Gasteiger partial charge in [-0.2, -0.15) is 0 Å². The smallest absolute Gasteiger partial charge is 0.323 e. The Balaban J connectivity index is 2.75. The molecule has 0 aromatic carbocycles. The minimum absolute atomic E-state index is 0.233. The van der Waals surface area contributed by atoms with Gasteiger partial charge in [-0.15, -0.1) is 0 Å². The average molecular weight is 213 g/mol. The molecule has 3 nitrogen and oxygen atoms in total. The fraction of sp³-hybridized carbons (Fsp3) is 0.917. The van der Waals surface area contributed by atoms with E-state index < -0.39 is 11.5 Å². The molecule has 0 aromatic heterocycles. The molecule has 15 heavy (non-hydrogen) atoms. The summed E-state index contributed by atoms with van der Waals surface area (Å²) in [7, 11) is 0. The van der Waals surface area contributed by atoms with Gasteiger partial charge in [0.1, 0.15) is 5.54 Å². The minimum Gasteiger partial charge on any atom is -0.480 e. The summed E-state index contributed by atoms with van der Waals surface area (Å²) in [6, 6.07) is 0.233. The van der Waals surface area contributed by atoms with Crippen molar-refractivity contribution in [2.75, 3.05) is 0 Å². The van der Waals surface area contributed by atoms with Gasteiger partial charge in [-0.1, -0.05) is 26.2 Å². The lowest BCUT2D eigenvalue weighted by molar-refractivity contribution is -0.147. The lowest BCUT2D eigenvalue weighted by atomic mass is 9.74. The molecule has 88 valence electrons. The fourth-order valence-corrected chi connectivity index (χ4v) is 2.68. The molecule has 2 atom stereocenters. The van der Waals surface area contributed by atoms with Gasteiger partial charge in [-0.3, -0.25) is 10.1 Å². The molecule has 0 aromatic rings. The highest BCUT2D eigenvalue weighted by molar-refractivity contribution is 5.79. The molecule has 1 aliphatic carbocycles. The Morgan fingerprint density at radius 3 is 2.73 bits per heavy atom. The van der Waals surface area contributed by atoms with Gasteiger partial charge in [0.25, 0.3) is 0 Å². The minimum atomic E-state index is -0.672. The fourth-order valence-electron chi connectivity index (χ4n) is 2.68. The Bertz CT molecular complexity index is 228. The van der Waals surface area contributed by atoms with Crippen LogP contribution in [-0.4, -0.2) is 22.7 Å². The summed E-state index contributed by atoms with van der Waals surface area (Å²) >= 11 is 0. The van der Waals surface area contributed by atoms with Crippen LogP contribution in [0.15, 0.2) is 0 Å². The Morgan fingerprint density at radius 1 is 1.60 bits per heavy atom. The predicted molar refractivity (Wildman–Crippen MR) is 60.9 cm³/mol. The highest BCUT2D eigenvalue weighted by Crippen LogP contribution is 2.34. The summed E-state index contributed by atoms with van der Waals surface area (Å²) in [5.41, 5.74) is -0.660. The van der Waals surface area contributed by atoms with Crippen molar-refractivity contribution in [1.29, 1.82) is 0 Å². The lowest BCUT2D eigenvalue weighted by Gasteiger charge is -2.39. The van der Waals surface area contributed by atoms with E-state index in [0.717, 1.165) is 25.7 Å². The zero-order chi connectivity index (χ0) is 11.5. The quantitative estimate of drug-likeness (QED) is 0.754. The number of carboxylic acids is 1. The number of carboxylic acid groups (broad SMARTS) is 1. The third kappa shape index (κ3) is 2.94. The van der Waals surface area contributed by atoms with Gasteiger partial charge < -0.3 is 5.11 Å². The predicted octanol–water partition coefficient (Wildman–Crippen LogP) is 2.41. The van der Waals surface area contributed by atoms with Crippen LogP contribution in [0, 0.1) is 5.92 Å². The van der Waals surface area contributed by atoms with Crippen molar-refractivity contribution in [3.05, 3.63) is 0 Å². The van der Waals surface area contributed by atoms with Crippen LogP contribution in [0.2, 0.25) is 0 Å². The van der Waals surface area contributed by atoms with Gasteiger partial charge in [0.2, 0.25) is 0 Å². The van der Waals surface area contributed by atoms with Crippen molar-refractivity contribution in [1.82, 2.24) is 5.32 Å². The molecular formula is C12H23NO2. The van der Waals surface area contributed by atoms with Crippen molar-refractivity contribution in [2.45, 2.75) is 64.5 Å². The number of rotatable bonds is 4. The first kappa shape index (κ1) is 12.5. The van der Waals surface area contributed by atoms with Gasteiger partial charge in [-0.05, 0) is 32.6 Å². The van der Waals surface area contributed by atoms with Crippen LogP contribution in [-0.2, 0) is 4.79 Å². The summed E-state index contributed by atoms with van der Waals surface area (Å²) in [5, 5.41) is 12.6. The summed E-state index contributed by atoms with van der Waals surface area (Å²) in [6.07, 6.45) is 4.87. The van der Waals surface area contributed by atoms with E-state index in [9.17, 15) is 9.90 Å². The van der Waals surface area contributed by atoms with Gasteiger partial charge in [0.05, 0.1) is 0 Å².